The van der Waals surface area contributed by atoms with Crippen LogP contribution in [0.4, 0.5) is 0 Å². The maximum Gasteiger partial charge on any atom is 0.254 e. The summed E-state index contributed by atoms with van der Waals surface area (Å²) in [5.74, 6) is 1.71. The van der Waals surface area contributed by atoms with Gasteiger partial charge < -0.3 is 19.2 Å². The molecular formula is C18H21N5O2. The van der Waals surface area contributed by atoms with E-state index < -0.39 is 0 Å². The molecule has 25 heavy (non-hydrogen) atoms. The Balaban J connectivity index is 1.57. The fourth-order valence-electron chi connectivity index (χ4n) is 3.38. The highest BCUT2D eigenvalue weighted by molar-refractivity contribution is 5.97. The third-order valence-electron chi connectivity index (χ3n) is 4.52. The smallest absolute Gasteiger partial charge is 0.254 e. The van der Waals surface area contributed by atoms with E-state index >= 15 is 0 Å². The Morgan fingerprint density at radius 1 is 1.32 bits per heavy atom. The highest BCUT2D eigenvalue weighted by Gasteiger charge is 2.28. The van der Waals surface area contributed by atoms with Gasteiger partial charge in [0.05, 0.1) is 29.9 Å². The van der Waals surface area contributed by atoms with Crippen molar-refractivity contribution in [1.82, 2.24) is 24.4 Å². The second kappa shape index (κ2) is 6.00. The molecule has 1 aliphatic rings. The minimum absolute atomic E-state index is 0.00776. The number of benzene rings is 1. The quantitative estimate of drug-likeness (QED) is 0.776. The Kier molecular flexibility index (Phi) is 3.80. The second-order valence-corrected chi connectivity index (χ2v) is 6.52. The number of carbonyl (C=O) groups is 1. The van der Waals surface area contributed by atoms with E-state index in [1.54, 1.807) is 0 Å². The molecule has 2 aromatic heterocycles. The Morgan fingerprint density at radius 2 is 2.16 bits per heavy atom. The van der Waals surface area contributed by atoms with Crippen molar-refractivity contribution < 1.29 is 9.53 Å². The van der Waals surface area contributed by atoms with E-state index in [0.717, 1.165) is 28.4 Å². The zero-order valence-electron chi connectivity index (χ0n) is 14.6. The van der Waals surface area contributed by atoms with Crippen molar-refractivity contribution in [2.24, 2.45) is 7.05 Å². The van der Waals surface area contributed by atoms with Gasteiger partial charge in [-0.25, -0.2) is 9.97 Å². The van der Waals surface area contributed by atoms with Crippen molar-refractivity contribution in [3.05, 3.63) is 47.3 Å². The zero-order valence-corrected chi connectivity index (χ0v) is 14.6. The molecule has 1 aromatic carbocycles. The zero-order chi connectivity index (χ0) is 17.6. The van der Waals surface area contributed by atoms with Crippen LogP contribution in [0.2, 0.25) is 0 Å². The first kappa shape index (κ1) is 15.8. The summed E-state index contributed by atoms with van der Waals surface area (Å²) in [6.07, 6.45) is 1.77. The van der Waals surface area contributed by atoms with Crippen molar-refractivity contribution in [1.29, 1.82) is 0 Å². The van der Waals surface area contributed by atoms with Crippen LogP contribution in [0.25, 0.3) is 11.0 Å². The lowest BCUT2D eigenvalue weighted by Gasteiger charge is -2.32. The van der Waals surface area contributed by atoms with Gasteiger partial charge in [-0.05, 0) is 32.0 Å². The lowest BCUT2D eigenvalue weighted by molar-refractivity contribution is -0.0279. The van der Waals surface area contributed by atoms with Crippen LogP contribution in [0, 0.1) is 13.8 Å². The summed E-state index contributed by atoms with van der Waals surface area (Å²) in [4.78, 5) is 26.9. The van der Waals surface area contributed by atoms with Gasteiger partial charge >= 0.3 is 0 Å². The van der Waals surface area contributed by atoms with Crippen molar-refractivity contribution in [3.63, 3.8) is 0 Å². The third-order valence-corrected chi connectivity index (χ3v) is 4.52. The maximum atomic E-state index is 12.9. The van der Waals surface area contributed by atoms with Gasteiger partial charge in [-0.3, -0.25) is 4.79 Å². The lowest BCUT2D eigenvalue weighted by Crippen LogP contribution is -2.42. The standard InChI is InChI=1S/C18H21N5O2/c1-11-9-22(3)17(19-11)16-10-23(6-7-25-16)18(24)13-4-5-14-15(8-13)21-12(2)20-14/h4-5,8-9,16H,6-7,10H2,1-3H3,(H,20,21). The Labute approximate surface area is 145 Å². The van der Waals surface area contributed by atoms with Crippen LogP contribution in [-0.4, -0.2) is 50.0 Å². The van der Waals surface area contributed by atoms with Gasteiger partial charge in [0.1, 0.15) is 17.8 Å². The number of imidazole rings is 2. The number of amides is 1. The number of fused-ring (bicyclic) bond motifs is 1. The molecule has 1 atom stereocenters. The molecule has 3 heterocycles. The van der Waals surface area contributed by atoms with Crippen LogP contribution in [0.5, 0.6) is 0 Å². The van der Waals surface area contributed by atoms with Gasteiger partial charge in [0.25, 0.3) is 5.91 Å². The molecule has 1 amide bonds. The summed E-state index contributed by atoms with van der Waals surface area (Å²) in [6, 6.07) is 5.58. The van der Waals surface area contributed by atoms with Gasteiger partial charge in [-0.1, -0.05) is 0 Å². The van der Waals surface area contributed by atoms with Crippen molar-refractivity contribution in [2.75, 3.05) is 19.7 Å². The summed E-state index contributed by atoms with van der Waals surface area (Å²) in [7, 11) is 1.95. The molecule has 0 saturated carbocycles. The van der Waals surface area contributed by atoms with E-state index in [1.807, 2.05) is 54.8 Å². The number of carbonyl (C=O) groups excluding carboxylic acids is 1. The van der Waals surface area contributed by atoms with E-state index in [4.69, 9.17) is 4.74 Å². The molecule has 0 radical (unpaired) electrons. The molecule has 3 aromatic rings. The van der Waals surface area contributed by atoms with Crippen molar-refractivity contribution in [2.45, 2.75) is 20.0 Å². The van der Waals surface area contributed by atoms with E-state index in [9.17, 15) is 4.79 Å². The van der Waals surface area contributed by atoms with Gasteiger partial charge in [-0.15, -0.1) is 0 Å². The van der Waals surface area contributed by atoms with Crippen LogP contribution in [-0.2, 0) is 11.8 Å². The number of morpholine rings is 1. The molecule has 0 aliphatic carbocycles. The fraction of sp³-hybridized carbons (Fsp3) is 0.389. The first-order valence-electron chi connectivity index (χ1n) is 8.38. The van der Waals surface area contributed by atoms with Crippen LogP contribution >= 0.6 is 0 Å². The largest absolute Gasteiger partial charge is 0.367 e. The molecule has 0 bridgehead atoms. The number of hydrogen-bond donors (Lipinski definition) is 1. The topological polar surface area (TPSA) is 76.0 Å². The molecule has 1 unspecified atom stereocenters. The van der Waals surface area contributed by atoms with E-state index in [2.05, 4.69) is 15.0 Å². The molecule has 1 fully saturated rings. The minimum atomic E-state index is -0.200. The SMILES string of the molecule is Cc1cn(C)c(C2CN(C(=O)c3ccc4nc(C)[nH]c4c3)CCO2)n1. The van der Waals surface area contributed by atoms with Crippen molar-refractivity contribution in [3.8, 4) is 0 Å². The Bertz CT molecular complexity index is 942. The number of nitrogens with one attached hydrogen (secondary N) is 1. The number of aryl methyl sites for hydroxylation is 3. The van der Waals surface area contributed by atoms with Crippen LogP contribution in [0.3, 0.4) is 0 Å². The van der Waals surface area contributed by atoms with E-state index in [-0.39, 0.29) is 12.0 Å². The number of aromatic amines is 1. The highest BCUT2D eigenvalue weighted by atomic mass is 16.5. The van der Waals surface area contributed by atoms with Gasteiger partial charge in [-0.2, -0.15) is 0 Å². The van der Waals surface area contributed by atoms with Crippen LogP contribution in [0.15, 0.2) is 24.4 Å². The highest BCUT2D eigenvalue weighted by Crippen LogP contribution is 2.23. The number of aromatic nitrogens is 4. The molecule has 7 heteroatoms. The summed E-state index contributed by atoms with van der Waals surface area (Å²) in [5.41, 5.74) is 3.36. The number of rotatable bonds is 2. The van der Waals surface area contributed by atoms with E-state index in [0.29, 0.717) is 25.3 Å². The number of hydrogen-bond acceptors (Lipinski definition) is 4. The monoisotopic (exact) mass is 339 g/mol. The molecule has 0 spiro atoms. The van der Waals surface area contributed by atoms with Crippen molar-refractivity contribution >= 4 is 16.9 Å². The normalized spacial score (nSPS) is 18.0. The van der Waals surface area contributed by atoms with Crippen LogP contribution < -0.4 is 0 Å². The minimum Gasteiger partial charge on any atom is -0.367 e. The number of nitrogens with zero attached hydrogens (tertiary/aromatic N) is 4. The molecule has 7 nitrogen and oxygen atoms in total. The number of ether oxygens (including phenoxy) is 1. The first-order chi connectivity index (χ1) is 12.0. The molecule has 4 rings (SSSR count). The summed E-state index contributed by atoms with van der Waals surface area (Å²) < 4.78 is 7.82. The first-order valence-corrected chi connectivity index (χ1v) is 8.38. The van der Waals surface area contributed by atoms with Gasteiger partial charge in [0, 0.05) is 25.4 Å². The number of H-pyrrole nitrogens is 1. The summed E-state index contributed by atoms with van der Waals surface area (Å²) >= 11 is 0. The Morgan fingerprint density at radius 3 is 2.92 bits per heavy atom. The average Bonchev–Trinajstić information content (AvgIpc) is 3.14. The second-order valence-electron chi connectivity index (χ2n) is 6.52. The Hall–Kier alpha value is -2.67. The molecule has 130 valence electrons. The predicted octanol–water partition coefficient (Wildman–Crippen LogP) is 2.13. The molecule has 1 N–H and O–H groups in total. The lowest BCUT2D eigenvalue weighted by atomic mass is 10.1. The summed E-state index contributed by atoms with van der Waals surface area (Å²) in [6.45, 7) is 5.45. The third kappa shape index (κ3) is 2.91. The van der Waals surface area contributed by atoms with E-state index in [1.165, 1.54) is 0 Å². The van der Waals surface area contributed by atoms with Crippen LogP contribution in [0.1, 0.15) is 33.8 Å². The summed E-state index contributed by atoms with van der Waals surface area (Å²) in [5, 5.41) is 0. The van der Waals surface area contributed by atoms with Gasteiger partial charge in [0.15, 0.2) is 0 Å². The van der Waals surface area contributed by atoms with Gasteiger partial charge in [0.2, 0.25) is 0 Å². The molecular weight excluding hydrogens is 318 g/mol. The average molecular weight is 339 g/mol. The fourth-order valence-corrected chi connectivity index (χ4v) is 3.38. The molecule has 1 aliphatic heterocycles. The predicted molar refractivity (Wildman–Crippen MR) is 93.4 cm³/mol. The maximum absolute atomic E-state index is 12.9. The molecule has 1 saturated heterocycles.